The van der Waals surface area contributed by atoms with Crippen molar-refractivity contribution >= 4 is 23.9 Å². The third-order valence-electron chi connectivity index (χ3n) is 6.00. The highest BCUT2D eigenvalue weighted by molar-refractivity contribution is 5.71. The van der Waals surface area contributed by atoms with Gasteiger partial charge in [0.15, 0.2) is 12.2 Å². The molecule has 0 aromatic rings. The summed E-state index contributed by atoms with van der Waals surface area (Å²) < 4.78 is 27.4. The first-order valence-corrected chi connectivity index (χ1v) is 15.1. The molecule has 9 nitrogen and oxygen atoms in total. The lowest BCUT2D eigenvalue weighted by Gasteiger charge is -2.21. The number of unbranched alkanes of at least 4 members (excludes halogenated alkanes) is 8. The maximum Gasteiger partial charge on any atom is 0.306 e. The first kappa shape index (κ1) is 36.8. The van der Waals surface area contributed by atoms with Crippen LogP contribution in [0.25, 0.3) is 0 Å². The molecule has 0 aliphatic heterocycles. The van der Waals surface area contributed by atoms with Gasteiger partial charge in [0.1, 0.15) is 13.2 Å². The monoisotopic (exact) mass is 558 g/mol. The molecule has 0 bridgehead atoms. The van der Waals surface area contributed by atoms with Crippen molar-refractivity contribution < 1.29 is 42.9 Å². The molecule has 228 valence electrons. The largest absolute Gasteiger partial charge is 0.462 e. The molecular formula is C30H54O9. The Morgan fingerprint density at radius 1 is 0.436 bits per heavy atom. The molecule has 0 radical (unpaired) electrons. The van der Waals surface area contributed by atoms with E-state index in [0.29, 0.717) is 12.8 Å². The van der Waals surface area contributed by atoms with Crippen LogP contribution in [0.1, 0.15) is 130 Å². The lowest BCUT2D eigenvalue weighted by atomic mass is 10.2. The quantitative estimate of drug-likeness (QED) is 0.0692. The number of carbonyl (C=O) groups excluding carboxylic acids is 4. The molecule has 39 heavy (non-hydrogen) atoms. The van der Waals surface area contributed by atoms with Crippen LogP contribution in [0.3, 0.4) is 0 Å². The zero-order chi connectivity index (χ0) is 29.1. The van der Waals surface area contributed by atoms with Gasteiger partial charge in [0.2, 0.25) is 0 Å². The molecule has 0 aliphatic rings. The van der Waals surface area contributed by atoms with Crippen LogP contribution >= 0.6 is 0 Å². The lowest BCUT2D eigenvalue weighted by molar-refractivity contribution is -0.168. The minimum atomic E-state index is -0.785. The van der Waals surface area contributed by atoms with E-state index in [0.717, 1.165) is 77.0 Å². The molecule has 9 heteroatoms. The molecule has 0 aromatic carbocycles. The normalized spacial score (nSPS) is 12.4. The fourth-order valence-corrected chi connectivity index (χ4v) is 3.65. The van der Waals surface area contributed by atoms with Gasteiger partial charge >= 0.3 is 23.9 Å². The molecule has 2 unspecified atom stereocenters. The predicted molar refractivity (Wildman–Crippen MR) is 149 cm³/mol. The maximum atomic E-state index is 12.3. The standard InChI is InChI=1S/C30H54O9/c1-5-9-13-17-27(31)36-23-25(38-29(33)19-15-11-7-3)21-35-22-26(39-30(34)20-16-12-8-4)24-37-28(32)18-14-10-6-2/h25-26H,5-24H2,1-4H3. The molecule has 0 saturated heterocycles. The fraction of sp³-hybridized carbons (Fsp3) is 0.867. The van der Waals surface area contributed by atoms with Crippen molar-refractivity contribution in [2.45, 2.75) is 143 Å². The van der Waals surface area contributed by atoms with Gasteiger partial charge in [-0.2, -0.15) is 0 Å². The summed E-state index contributed by atoms with van der Waals surface area (Å²) in [5.74, 6) is -1.44. The minimum Gasteiger partial charge on any atom is -0.462 e. The molecule has 0 spiro atoms. The summed E-state index contributed by atoms with van der Waals surface area (Å²) in [4.78, 5) is 48.7. The highest BCUT2D eigenvalue weighted by atomic mass is 16.6. The SMILES string of the molecule is CCCCCC(=O)OCC(COCC(COC(=O)CCCCC)OC(=O)CCCCC)OC(=O)CCCCC. The average molecular weight is 559 g/mol. The van der Waals surface area contributed by atoms with Crippen molar-refractivity contribution in [2.75, 3.05) is 26.4 Å². The second-order valence-electron chi connectivity index (χ2n) is 9.96. The van der Waals surface area contributed by atoms with E-state index in [1.165, 1.54) is 0 Å². The van der Waals surface area contributed by atoms with Crippen LogP contribution in [0.5, 0.6) is 0 Å². The third kappa shape index (κ3) is 23.4. The summed E-state index contributed by atoms with van der Waals surface area (Å²) in [6.07, 6.45) is 10.2. The van der Waals surface area contributed by atoms with Crippen molar-refractivity contribution in [3.63, 3.8) is 0 Å². The molecule has 0 amide bonds. The van der Waals surface area contributed by atoms with Crippen molar-refractivity contribution in [2.24, 2.45) is 0 Å². The van der Waals surface area contributed by atoms with Crippen molar-refractivity contribution in [1.29, 1.82) is 0 Å². The van der Waals surface area contributed by atoms with Crippen LogP contribution in [0.15, 0.2) is 0 Å². The Bertz CT molecular complexity index is 596. The Kier molecular flexibility index (Phi) is 24.6. The van der Waals surface area contributed by atoms with E-state index in [-0.39, 0.29) is 63.1 Å². The van der Waals surface area contributed by atoms with E-state index >= 15 is 0 Å². The van der Waals surface area contributed by atoms with Crippen molar-refractivity contribution in [1.82, 2.24) is 0 Å². The van der Waals surface area contributed by atoms with E-state index in [1.54, 1.807) is 0 Å². The number of ether oxygens (including phenoxy) is 5. The van der Waals surface area contributed by atoms with Gasteiger partial charge in [0, 0.05) is 25.7 Å². The van der Waals surface area contributed by atoms with Crippen molar-refractivity contribution in [3.05, 3.63) is 0 Å². The number of carbonyl (C=O) groups is 4. The van der Waals surface area contributed by atoms with Gasteiger partial charge in [0.05, 0.1) is 13.2 Å². The fourth-order valence-electron chi connectivity index (χ4n) is 3.65. The molecule has 2 atom stereocenters. The zero-order valence-electron chi connectivity index (χ0n) is 25.0. The Morgan fingerprint density at radius 3 is 1.05 bits per heavy atom. The van der Waals surface area contributed by atoms with Gasteiger partial charge in [-0.15, -0.1) is 0 Å². The van der Waals surface area contributed by atoms with Crippen LogP contribution in [0.2, 0.25) is 0 Å². The van der Waals surface area contributed by atoms with Gasteiger partial charge in [-0.1, -0.05) is 79.1 Å². The van der Waals surface area contributed by atoms with Gasteiger partial charge < -0.3 is 23.7 Å². The highest BCUT2D eigenvalue weighted by Gasteiger charge is 2.21. The summed E-state index contributed by atoms with van der Waals surface area (Å²) in [5.41, 5.74) is 0. The van der Waals surface area contributed by atoms with Gasteiger partial charge in [-0.25, -0.2) is 0 Å². The molecule has 0 rings (SSSR count). The highest BCUT2D eigenvalue weighted by Crippen LogP contribution is 2.09. The number of hydrogen-bond acceptors (Lipinski definition) is 9. The van der Waals surface area contributed by atoms with E-state index in [1.807, 2.05) is 0 Å². The molecule has 0 heterocycles. The van der Waals surface area contributed by atoms with Gasteiger partial charge in [-0.3, -0.25) is 19.2 Å². The van der Waals surface area contributed by atoms with Crippen LogP contribution < -0.4 is 0 Å². The number of rotatable bonds is 26. The average Bonchev–Trinajstić information content (AvgIpc) is 2.90. The molecule has 0 aliphatic carbocycles. The van der Waals surface area contributed by atoms with Crippen molar-refractivity contribution in [3.8, 4) is 0 Å². The van der Waals surface area contributed by atoms with E-state index in [9.17, 15) is 19.2 Å². The Labute approximate surface area is 236 Å². The summed E-state index contributed by atoms with van der Waals surface area (Å²) in [6.45, 7) is 7.90. The minimum absolute atomic E-state index is 0.0455. The van der Waals surface area contributed by atoms with Crippen LogP contribution in [0.4, 0.5) is 0 Å². The first-order valence-electron chi connectivity index (χ1n) is 15.1. The number of hydrogen-bond donors (Lipinski definition) is 0. The zero-order valence-corrected chi connectivity index (χ0v) is 25.0. The molecular weight excluding hydrogens is 504 g/mol. The van der Waals surface area contributed by atoms with Crippen LogP contribution in [-0.2, 0) is 42.9 Å². The Balaban J connectivity index is 4.97. The Hall–Kier alpha value is -2.16. The van der Waals surface area contributed by atoms with E-state index < -0.39 is 12.2 Å². The number of esters is 4. The van der Waals surface area contributed by atoms with E-state index in [4.69, 9.17) is 23.7 Å². The summed E-state index contributed by atoms with van der Waals surface area (Å²) in [6, 6.07) is 0. The third-order valence-corrected chi connectivity index (χ3v) is 6.00. The Morgan fingerprint density at radius 2 is 0.744 bits per heavy atom. The molecule has 0 fully saturated rings. The molecule has 0 N–H and O–H groups in total. The summed E-state index contributed by atoms with van der Waals surface area (Å²) in [7, 11) is 0. The lowest BCUT2D eigenvalue weighted by Crippen LogP contribution is -2.34. The first-order chi connectivity index (χ1) is 18.9. The molecule has 0 aromatic heterocycles. The van der Waals surface area contributed by atoms with Crippen LogP contribution in [-0.4, -0.2) is 62.5 Å². The second-order valence-corrected chi connectivity index (χ2v) is 9.96. The summed E-state index contributed by atoms with van der Waals surface area (Å²) >= 11 is 0. The van der Waals surface area contributed by atoms with E-state index in [2.05, 4.69) is 27.7 Å². The van der Waals surface area contributed by atoms with Gasteiger partial charge in [0.25, 0.3) is 0 Å². The topological polar surface area (TPSA) is 114 Å². The van der Waals surface area contributed by atoms with Gasteiger partial charge in [-0.05, 0) is 25.7 Å². The molecule has 0 saturated carbocycles. The second kappa shape index (κ2) is 26.1. The summed E-state index contributed by atoms with van der Waals surface area (Å²) in [5, 5.41) is 0. The smallest absolute Gasteiger partial charge is 0.306 e. The van der Waals surface area contributed by atoms with Crippen LogP contribution in [0, 0.1) is 0 Å². The maximum absolute atomic E-state index is 12.3. The predicted octanol–water partition coefficient (Wildman–Crippen LogP) is 6.23.